The van der Waals surface area contributed by atoms with Crippen LogP contribution in [0.2, 0.25) is 0 Å². The van der Waals surface area contributed by atoms with Gasteiger partial charge in [-0.2, -0.15) is 5.10 Å². The van der Waals surface area contributed by atoms with Crippen molar-refractivity contribution in [2.75, 3.05) is 0 Å². The maximum Gasteiger partial charge on any atom is 0.182 e. The molecule has 0 aliphatic heterocycles. The standard InChI is InChI=1S/C8H7BrN4O/c1-12-5-10-8(7(12)4-14)13-3-6(9)2-11-13/h2-5H,1H3. The highest BCUT2D eigenvalue weighted by Crippen LogP contribution is 2.13. The van der Waals surface area contributed by atoms with E-state index in [0.717, 1.165) is 10.8 Å². The summed E-state index contributed by atoms with van der Waals surface area (Å²) in [6, 6.07) is 0. The van der Waals surface area contributed by atoms with Gasteiger partial charge in [-0.3, -0.25) is 4.79 Å². The summed E-state index contributed by atoms with van der Waals surface area (Å²) in [7, 11) is 1.76. The molecule has 0 bridgehead atoms. The molecule has 0 aromatic carbocycles. The fourth-order valence-corrected chi connectivity index (χ4v) is 1.44. The van der Waals surface area contributed by atoms with E-state index in [1.54, 1.807) is 35.0 Å². The zero-order chi connectivity index (χ0) is 10.1. The van der Waals surface area contributed by atoms with E-state index >= 15 is 0 Å². The zero-order valence-electron chi connectivity index (χ0n) is 7.38. The van der Waals surface area contributed by atoms with Crippen molar-refractivity contribution < 1.29 is 4.79 Å². The van der Waals surface area contributed by atoms with Gasteiger partial charge in [0.15, 0.2) is 12.1 Å². The van der Waals surface area contributed by atoms with E-state index in [1.165, 1.54) is 0 Å². The summed E-state index contributed by atoms with van der Waals surface area (Å²) >= 11 is 3.28. The molecule has 0 aliphatic carbocycles. The van der Waals surface area contributed by atoms with Gasteiger partial charge in [-0.15, -0.1) is 0 Å². The first-order chi connectivity index (χ1) is 6.72. The largest absolute Gasteiger partial charge is 0.330 e. The number of halogens is 1. The molecule has 0 unspecified atom stereocenters. The van der Waals surface area contributed by atoms with Crippen molar-refractivity contribution in [1.29, 1.82) is 0 Å². The van der Waals surface area contributed by atoms with Crippen molar-refractivity contribution in [3.8, 4) is 5.82 Å². The van der Waals surface area contributed by atoms with Gasteiger partial charge in [-0.25, -0.2) is 9.67 Å². The second-order valence-corrected chi connectivity index (χ2v) is 3.70. The van der Waals surface area contributed by atoms with E-state index in [1.807, 2.05) is 0 Å². The number of hydrogen-bond donors (Lipinski definition) is 0. The molecule has 0 saturated heterocycles. The molecule has 0 N–H and O–H groups in total. The second kappa shape index (κ2) is 3.38. The Morgan fingerprint density at radius 2 is 2.36 bits per heavy atom. The lowest BCUT2D eigenvalue weighted by Crippen LogP contribution is -2.01. The average Bonchev–Trinajstić information content (AvgIpc) is 2.71. The minimum absolute atomic E-state index is 0.501. The Balaban J connectivity index is 2.56. The summed E-state index contributed by atoms with van der Waals surface area (Å²) in [6.07, 6.45) is 5.73. The van der Waals surface area contributed by atoms with Gasteiger partial charge in [0, 0.05) is 13.2 Å². The van der Waals surface area contributed by atoms with E-state index in [4.69, 9.17) is 0 Å². The Hall–Kier alpha value is -1.43. The summed E-state index contributed by atoms with van der Waals surface area (Å²) in [5.74, 6) is 0.535. The van der Waals surface area contributed by atoms with E-state index in [2.05, 4.69) is 26.0 Å². The van der Waals surface area contributed by atoms with Gasteiger partial charge in [0.2, 0.25) is 0 Å². The van der Waals surface area contributed by atoms with Crippen molar-refractivity contribution in [2.45, 2.75) is 0 Å². The Morgan fingerprint density at radius 3 is 2.93 bits per heavy atom. The number of imidazole rings is 1. The number of carbonyl (C=O) groups is 1. The van der Waals surface area contributed by atoms with E-state index in [-0.39, 0.29) is 0 Å². The lowest BCUT2D eigenvalue weighted by atomic mass is 10.4. The Kier molecular flexibility index (Phi) is 2.20. The van der Waals surface area contributed by atoms with Crippen LogP contribution in [0.25, 0.3) is 5.82 Å². The monoisotopic (exact) mass is 254 g/mol. The van der Waals surface area contributed by atoms with Crippen LogP contribution >= 0.6 is 15.9 Å². The highest BCUT2D eigenvalue weighted by molar-refractivity contribution is 9.10. The van der Waals surface area contributed by atoms with E-state index in [9.17, 15) is 4.79 Å². The van der Waals surface area contributed by atoms with Gasteiger partial charge in [0.05, 0.1) is 17.0 Å². The average molecular weight is 255 g/mol. The van der Waals surface area contributed by atoms with Gasteiger partial charge in [0.25, 0.3) is 0 Å². The number of carbonyl (C=O) groups excluding carboxylic acids is 1. The topological polar surface area (TPSA) is 52.7 Å². The fraction of sp³-hybridized carbons (Fsp3) is 0.125. The number of aryl methyl sites for hydroxylation is 1. The van der Waals surface area contributed by atoms with Crippen LogP contribution < -0.4 is 0 Å². The molecule has 2 heterocycles. The van der Waals surface area contributed by atoms with Gasteiger partial charge < -0.3 is 4.57 Å². The number of hydrogen-bond acceptors (Lipinski definition) is 3. The molecule has 0 fully saturated rings. The van der Waals surface area contributed by atoms with Crippen LogP contribution in [0.5, 0.6) is 0 Å². The van der Waals surface area contributed by atoms with E-state index in [0.29, 0.717) is 11.5 Å². The predicted octanol–water partition coefficient (Wildman–Crippen LogP) is 1.18. The Morgan fingerprint density at radius 1 is 1.57 bits per heavy atom. The smallest absolute Gasteiger partial charge is 0.182 e. The molecule has 6 heteroatoms. The molecule has 14 heavy (non-hydrogen) atoms. The molecule has 0 radical (unpaired) electrons. The van der Waals surface area contributed by atoms with Crippen LogP contribution in [0.15, 0.2) is 23.2 Å². The quantitative estimate of drug-likeness (QED) is 0.757. The minimum Gasteiger partial charge on any atom is -0.330 e. The summed E-state index contributed by atoms with van der Waals surface area (Å²) < 4.78 is 4.05. The normalized spacial score (nSPS) is 10.4. The summed E-state index contributed by atoms with van der Waals surface area (Å²) in [5.41, 5.74) is 0.501. The predicted molar refractivity (Wildman–Crippen MR) is 53.4 cm³/mol. The molecule has 0 aliphatic rings. The van der Waals surface area contributed by atoms with Crippen LogP contribution in [-0.4, -0.2) is 25.6 Å². The third-order valence-corrected chi connectivity index (χ3v) is 2.25. The van der Waals surface area contributed by atoms with Crippen molar-refractivity contribution in [1.82, 2.24) is 19.3 Å². The maximum atomic E-state index is 10.8. The maximum absolute atomic E-state index is 10.8. The minimum atomic E-state index is 0.501. The Labute approximate surface area is 88.5 Å². The molecule has 72 valence electrons. The first-order valence-corrected chi connectivity index (χ1v) is 4.68. The van der Waals surface area contributed by atoms with Crippen LogP contribution in [0.4, 0.5) is 0 Å². The zero-order valence-corrected chi connectivity index (χ0v) is 8.97. The second-order valence-electron chi connectivity index (χ2n) is 2.79. The molecule has 0 amide bonds. The third-order valence-electron chi connectivity index (χ3n) is 1.84. The molecular formula is C8H7BrN4O. The van der Waals surface area contributed by atoms with E-state index < -0.39 is 0 Å². The van der Waals surface area contributed by atoms with Crippen LogP contribution in [-0.2, 0) is 7.05 Å². The van der Waals surface area contributed by atoms with Crippen LogP contribution in [0.3, 0.4) is 0 Å². The van der Waals surface area contributed by atoms with Gasteiger partial charge >= 0.3 is 0 Å². The fourth-order valence-electron chi connectivity index (χ4n) is 1.16. The molecule has 0 spiro atoms. The number of aldehydes is 1. The number of aromatic nitrogens is 4. The summed E-state index contributed by atoms with van der Waals surface area (Å²) in [4.78, 5) is 14.9. The van der Waals surface area contributed by atoms with Crippen LogP contribution in [0.1, 0.15) is 10.5 Å². The first kappa shape index (κ1) is 9.14. The summed E-state index contributed by atoms with van der Waals surface area (Å²) in [6.45, 7) is 0. The molecule has 0 atom stereocenters. The molecule has 5 nitrogen and oxygen atoms in total. The van der Waals surface area contributed by atoms with Gasteiger partial charge in [-0.05, 0) is 15.9 Å². The Bertz CT molecular complexity index is 473. The SMILES string of the molecule is Cn1cnc(-n2cc(Br)cn2)c1C=O. The van der Waals surface area contributed by atoms with Crippen molar-refractivity contribution in [3.05, 3.63) is 28.9 Å². The molecule has 2 rings (SSSR count). The van der Waals surface area contributed by atoms with Gasteiger partial charge in [0.1, 0.15) is 5.69 Å². The number of nitrogens with zero attached hydrogens (tertiary/aromatic N) is 4. The highest BCUT2D eigenvalue weighted by Gasteiger charge is 2.10. The first-order valence-electron chi connectivity index (χ1n) is 3.89. The lowest BCUT2D eigenvalue weighted by molar-refractivity contribution is 0.111. The highest BCUT2D eigenvalue weighted by atomic mass is 79.9. The van der Waals surface area contributed by atoms with Crippen molar-refractivity contribution in [3.63, 3.8) is 0 Å². The molecule has 0 saturated carbocycles. The van der Waals surface area contributed by atoms with Crippen LogP contribution in [0, 0.1) is 0 Å². The summed E-state index contributed by atoms with van der Waals surface area (Å²) in [5, 5.41) is 4.04. The third kappa shape index (κ3) is 1.37. The van der Waals surface area contributed by atoms with Crippen molar-refractivity contribution in [2.24, 2.45) is 7.05 Å². The molecule has 2 aromatic heterocycles. The number of rotatable bonds is 2. The van der Waals surface area contributed by atoms with Gasteiger partial charge in [-0.1, -0.05) is 0 Å². The van der Waals surface area contributed by atoms with Crippen molar-refractivity contribution >= 4 is 22.2 Å². The molecular weight excluding hydrogens is 248 g/mol. The lowest BCUT2D eigenvalue weighted by Gasteiger charge is -1.97. The molecule has 2 aromatic rings.